The summed E-state index contributed by atoms with van der Waals surface area (Å²) in [6, 6.07) is 4.53. The Kier molecular flexibility index (Phi) is 4.37. The molecule has 0 heterocycles. The maximum absolute atomic E-state index is 9.39. The topological polar surface area (TPSA) is 72.7 Å². The zero-order valence-corrected chi connectivity index (χ0v) is 10.6. The van der Waals surface area contributed by atoms with Gasteiger partial charge in [0, 0.05) is 30.7 Å². The van der Waals surface area contributed by atoms with E-state index in [4.69, 9.17) is 5.11 Å². The highest BCUT2D eigenvalue weighted by Gasteiger charge is 2.18. The van der Waals surface area contributed by atoms with Gasteiger partial charge in [0.1, 0.15) is 11.5 Å². The Bertz CT molecular complexity index is 357. The largest absolute Gasteiger partial charge is 0.508 e. The standard InChI is InChI=1S/C13H21NO3/c1-9(14-7-13(2,3)8-15)10-4-11(16)6-12(17)5-10/h4-6,9,14-17H,7-8H2,1-3H3. The van der Waals surface area contributed by atoms with Crippen LogP contribution in [0, 0.1) is 5.41 Å². The second kappa shape index (κ2) is 5.38. The fourth-order valence-corrected chi connectivity index (χ4v) is 1.47. The lowest BCUT2D eigenvalue weighted by atomic mass is 9.94. The van der Waals surface area contributed by atoms with Crippen LogP contribution in [-0.4, -0.2) is 28.5 Å². The number of nitrogens with one attached hydrogen (secondary N) is 1. The van der Waals surface area contributed by atoms with E-state index in [-0.39, 0.29) is 29.6 Å². The van der Waals surface area contributed by atoms with E-state index in [9.17, 15) is 10.2 Å². The fraction of sp³-hybridized carbons (Fsp3) is 0.538. The molecule has 0 saturated heterocycles. The maximum atomic E-state index is 9.39. The summed E-state index contributed by atoms with van der Waals surface area (Å²) in [7, 11) is 0. The van der Waals surface area contributed by atoms with Crippen LogP contribution in [0.5, 0.6) is 11.5 Å². The molecule has 1 aromatic rings. The summed E-state index contributed by atoms with van der Waals surface area (Å²) in [5.74, 6) is 0.102. The van der Waals surface area contributed by atoms with Gasteiger partial charge in [0.25, 0.3) is 0 Å². The molecule has 0 aliphatic carbocycles. The van der Waals surface area contributed by atoms with Crippen LogP contribution in [-0.2, 0) is 0 Å². The van der Waals surface area contributed by atoms with Crippen molar-refractivity contribution in [3.05, 3.63) is 23.8 Å². The molecule has 0 aliphatic heterocycles. The molecular weight excluding hydrogens is 218 g/mol. The van der Waals surface area contributed by atoms with Crippen LogP contribution < -0.4 is 5.32 Å². The van der Waals surface area contributed by atoms with Crippen molar-refractivity contribution in [2.24, 2.45) is 5.41 Å². The molecule has 0 fully saturated rings. The third-order valence-corrected chi connectivity index (χ3v) is 2.74. The zero-order valence-electron chi connectivity index (χ0n) is 10.6. The first-order valence-electron chi connectivity index (χ1n) is 5.71. The van der Waals surface area contributed by atoms with Gasteiger partial charge < -0.3 is 20.6 Å². The third kappa shape index (κ3) is 4.24. The van der Waals surface area contributed by atoms with Gasteiger partial charge >= 0.3 is 0 Å². The minimum absolute atomic E-state index is 0.00109. The molecule has 0 bridgehead atoms. The minimum atomic E-state index is -0.187. The highest BCUT2D eigenvalue weighted by Crippen LogP contribution is 2.25. The van der Waals surface area contributed by atoms with Crippen LogP contribution in [0.4, 0.5) is 0 Å². The number of hydrogen-bond donors (Lipinski definition) is 4. The Balaban J connectivity index is 2.67. The number of hydrogen-bond acceptors (Lipinski definition) is 4. The molecule has 1 aromatic carbocycles. The van der Waals surface area contributed by atoms with Gasteiger partial charge in [-0.2, -0.15) is 0 Å². The van der Waals surface area contributed by atoms with Crippen LogP contribution in [0.15, 0.2) is 18.2 Å². The molecule has 0 spiro atoms. The normalized spacial score (nSPS) is 13.6. The monoisotopic (exact) mass is 239 g/mol. The second-order valence-electron chi connectivity index (χ2n) is 5.21. The molecule has 4 N–H and O–H groups in total. The Labute approximate surface area is 102 Å². The number of phenolic OH excluding ortho intramolecular Hbond substituents is 2. The molecule has 4 heteroatoms. The van der Waals surface area contributed by atoms with Gasteiger partial charge in [-0.25, -0.2) is 0 Å². The Morgan fingerprint density at radius 2 is 1.71 bits per heavy atom. The molecule has 4 nitrogen and oxygen atoms in total. The first-order valence-corrected chi connectivity index (χ1v) is 5.71. The molecule has 0 radical (unpaired) electrons. The van der Waals surface area contributed by atoms with E-state index in [0.29, 0.717) is 6.54 Å². The molecule has 0 aliphatic rings. The van der Waals surface area contributed by atoms with Crippen molar-refractivity contribution in [1.29, 1.82) is 0 Å². The van der Waals surface area contributed by atoms with Gasteiger partial charge in [0.15, 0.2) is 0 Å². The van der Waals surface area contributed by atoms with Gasteiger partial charge in [0.2, 0.25) is 0 Å². The summed E-state index contributed by atoms with van der Waals surface area (Å²) < 4.78 is 0. The van der Waals surface area contributed by atoms with Crippen molar-refractivity contribution in [3.63, 3.8) is 0 Å². The van der Waals surface area contributed by atoms with Gasteiger partial charge in [-0.3, -0.25) is 0 Å². The predicted molar refractivity (Wildman–Crippen MR) is 67.1 cm³/mol. The average Bonchev–Trinajstić information content (AvgIpc) is 2.24. The molecule has 0 aromatic heterocycles. The van der Waals surface area contributed by atoms with Gasteiger partial charge in [0.05, 0.1) is 0 Å². The van der Waals surface area contributed by atoms with E-state index in [0.717, 1.165) is 5.56 Å². The number of aromatic hydroxyl groups is 2. The van der Waals surface area contributed by atoms with Crippen molar-refractivity contribution in [1.82, 2.24) is 5.32 Å². The molecule has 1 unspecified atom stereocenters. The number of aliphatic hydroxyl groups is 1. The smallest absolute Gasteiger partial charge is 0.119 e. The van der Waals surface area contributed by atoms with Gasteiger partial charge in [-0.1, -0.05) is 13.8 Å². The lowest BCUT2D eigenvalue weighted by Crippen LogP contribution is -2.33. The lowest BCUT2D eigenvalue weighted by molar-refractivity contribution is 0.154. The number of phenols is 2. The molecule has 0 amide bonds. The highest BCUT2D eigenvalue weighted by molar-refractivity contribution is 5.37. The van der Waals surface area contributed by atoms with E-state index in [2.05, 4.69) is 5.32 Å². The van der Waals surface area contributed by atoms with Crippen molar-refractivity contribution in [2.45, 2.75) is 26.8 Å². The summed E-state index contributed by atoms with van der Waals surface area (Å²) in [5.41, 5.74) is 0.629. The molecule has 96 valence electrons. The number of benzene rings is 1. The summed E-state index contributed by atoms with van der Waals surface area (Å²) >= 11 is 0. The van der Waals surface area contributed by atoms with E-state index in [1.807, 2.05) is 20.8 Å². The average molecular weight is 239 g/mol. The van der Waals surface area contributed by atoms with Crippen molar-refractivity contribution in [3.8, 4) is 11.5 Å². The van der Waals surface area contributed by atoms with Crippen LogP contribution in [0.3, 0.4) is 0 Å². The highest BCUT2D eigenvalue weighted by atomic mass is 16.3. The van der Waals surface area contributed by atoms with Gasteiger partial charge in [-0.15, -0.1) is 0 Å². The van der Waals surface area contributed by atoms with Crippen molar-refractivity contribution >= 4 is 0 Å². The number of aliphatic hydroxyl groups excluding tert-OH is 1. The van der Waals surface area contributed by atoms with Crippen molar-refractivity contribution in [2.75, 3.05) is 13.2 Å². The van der Waals surface area contributed by atoms with Crippen molar-refractivity contribution < 1.29 is 15.3 Å². The predicted octanol–water partition coefficient (Wildman–Crippen LogP) is 1.77. The molecule has 0 saturated carbocycles. The quantitative estimate of drug-likeness (QED) is 0.632. The fourth-order valence-electron chi connectivity index (χ4n) is 1.47. The van der Waals surface area contributed by atoms with Crippen LogP contribution in [0.2, 0.25) is 0 Å². The SMILES string of the molecule is CC(NCC(C)(C)CO)c1cc(O)cc(O)c1. The number of rotatable bonds is 5. The van der Waals surface area contributed by atoms with E-state index in [1.54, 1.807) is 12.1 Å². The third-order valence-electron chi connectivity index (χ3n) is 2.74. The Hall–Kier alpha value is -1.26. The molecule has 17 heavy (non-hydrogen) atoms. The minimum Gasteiger partial charge on any atom is -0.508 e. The first kappa shape index (κ1) is 13.8. The Morgan fingerprint density at radius 1 is 1.18 bits per heavy atom. The van der Waals surface area contributed by atoms with Crippen LogP contribution in [0.1, 0.15) is 32.4 Å². The molecular formula is C13H21NO3. The van der Waals surface area contributed by atoms with E-state index in [1.165, 1.54) is 6.07 Å². The summed E-state index contributed by atoms with van der Waals surface area (Å²) in [5, 5.41) is 31.2. The van der Waals surface area contributed by atoms with Gasteiger partial charge in [-0.05, 0) is 24.6 Å². The Morgan fingerprint density at radius 3 is 2.18 bits per heavy atom. The van der Waals surface area contributed by atoms with Crippen LogP contribution >= 0.6 is 0 Å². The summed E-state index contributed by atoms with van der Waals surface area (Å²) in [4.78, 5) is 0. The molecule has 1 rings (SSSR count). The lowest BCUT2D eigenvalue weighted by Gasteiger charge is -2.25. The van der Waals surface area contributed by atoms with E-state index < -0.39 is 0 Å². The van der Waals surface area contributed by atoms with E-state index >= 15 is 0 Å². The maximum Gasteiger partial charge on any atom is 0.119 e. The van der Waals surface area contributed by atoms with Crippen LogP contribution in [0.25, 0.3) is 0 Å². The first-order chi connectivity index (χ1) is 7.84. The second-order valence-corrected chi connectivity index (χ2v) is 5.21. The summed E-state index contributed by atoms with van der Waals surface area (Å²) in [6.07, 6.45) is 0. The molecule has 1 atom stereocenters. The summed E-state index contributed by atoms with van der Waals surface area (Å²) in [6.45, 7) is 6.64. The zero-order chi connectivity index (χ0) is 13.1.